The Bertz CT molecular complexity index is 925. The van der Waals surface area contributed by atoms with Crippen LogP contribution in [0.2, 0.25) is 0 Å². The second-order valence-electron chi connectivity index (χ2n) is 6.68. The number of rotatable bonds is 2. The lowest BCUT2D eigenvalue weighted by Gasteiger charge is -2.26. The number of halogens is 1. The van der Waals surface area contributed by atoms with E-state index in [-0.39, 0.29) is 12.3 Å². The van der Waals surface area contributed by atoms with E-state index in [2.05, 4.69) is 5.32 Å². The lowest BCUT2D eigenvalue weighted by atomic mass is 9.86. The summed E-state index contributed by atoms with van der Waals surface area (Å²) in [5.41, 5.74) is 0.320. The van der Waals surface area contributed by atoms with E-state index < -0.39 is 23.3 Å². The summed E-state index contributed by atoms with van der Waals surface area (Å²) in [5, 5.41) is 2.74. The molecule has 1 N–H and O–H groups in total. The first-order valence-electron chi connectivity index (χ1n) is 7.99. The van der Waals surface area contributed by atoms with Gasteiger partial charge in [-0.3, -0.25) is 4.79 Å². The molecule has 1 atom stereocenters. The van der Waals surface area contributed by atoms with Crippen molar-refractivity contribution >= 4 is 11.9 Å². The van der Waals surface area contributed by atoms with Gasteiger partial charge in [-0.25, -0.2) is 9.18 Å². The van der Waals surface area contributed by atoms with Crippen LogP contribution in [0.15, 0.2) is 52.1 Å². The third-order valence-corrected chi connectivity index (χ3v) is 4.55. The first-order valence-corrected chi connectivity index (χ1v) is 7.99. The van der Waals surface area contributed by atoms with Crippen molar-refractivity contribution in [1.29, 1.82) is 0 Å². The molecule has 0 aliphatic carbocycles. The van der Waals surface area contributed by atoms with Gasteiger partial charge in [-0.2, -0.15) is 0 Å². The molecule has 2 aliphatic heterocycles. The zero-order valence-electron chi connectivity index (χ0n) is 13.8. The van der Waals surface area contributed by atoms with E-state index in [9.17, 15) is 14.0 Å². The highest BCUT2D eigenvalue weighted by Gasteiger charge is 2.48. The van der Waals surface area contributed by atoms with Gasteiger partial charge < -0.3 is 14.5 Å². The maximum Gasteiger partial charge on any atom is 0.337 e. The molecule has 0 fully saturated rings. The van der Waals surface area contributed by atoms with Crippen LogP contribution in [0, 0.1) is 5.82 Å². The number of carbonyl (C=O) groups is 2. The Morgan fingerprint density at radius 3 is 2.68 bits per heavy atom. The quantitative estimate of drug-likeness (QED) is 0.851. The van der Waals surface area contributed by atoms with Crippen molar-refractivity contribution < 1.29 is 23.1 Å². The third-order valence-electron chi connectivity index (χ3n) is 4.55. The lowest BCUT2D eigenvalue weighted by Crippen LogP contribution is -2.38. The van der Waals surface area contributed by atoms with Crippen LogP contribution in [0.25, 0.3) is 11.3 Å². The normalized spacial score (nSPS) is 21.8. The SMILES string of the molecule is CC1(C)OC(=O)C2=C1NC(=O)C[C@@H]2c1ccc(-c2ccccc2F)o1. The highest BCUT2D eigenvalue weighted by Crippen LogP contribution is 2.43. The Kier molecular flexibility index (Phi) is 3.32. The molecule has 25 heavy (non-hydrogen) atoms. The Balaban J connectivity index is 1.77. The molecule has 1 amide bonds. The summed E-state index contributed by atoms with van der Waals surface area (Å²) in [6.07, 6.45) is 0.0776. The highest BCUT2D eigenvalue weighted by atomic mass is 19.1. The molecule has 1 aromatic heterocycles. The number of hydrogen-bond acceptors (Lipinski definition) is 4. The molecule has 3 heterocycles. The fourth-order valence-corrected chi connectivity index (χ4v) is 3.37. The summed E-state index contributed by atoms with van der Waals surface area (Å²) in [4.78, 5) is 24.4. The van der Waals surface area contributed by atoms with E-state index in [1.807, 2.05) is 0 Å². The van der Waals surface area contributed by atoms with Crippen LogP contribution in [0.1, 0.15) is 31.9 Å². The predicted octanol–water partition coefficient (Wildman–Crippen LogP) is 3.28. The number of ether oxygens (including phenoxy) is 1. The average molecular weight is 341 g/mol. The van der Waals surface area contributed by atoms with Gasteiger partial charge in [-0.1, -0.05) is 12.1 Å². The highest BCUT2D eigenvalue weighted by molar-refractivity contribution is 5.99. The maximum atomic E-state index is 14.0. The van der Waals surface area contributed by atoms with Crippen LogP contribution in [-0.2, 0) is 14.3 Å². The van der Waals surface area contributed by atoms with Gasteiger partial charge in [0.25, 0.3) is 0 Å². The number of furan rings is 1. The zero-order valence-corrected chi connectivity index (χ0v) is 13.8. The standard InChI is InChI=1S/C19H16FNO4/c1-19(2)17-16(18(23)25-19)11(9-15(22)21-17)14-8-7-13(24-14)10-5-3-4-6-12(10)20/h3-8,11H,9H2,1-2H3,(H,21,22)/t11-/m1/s1. The molecule has 6 heteroatoms. The molecule has 0 bridgehead atoms. The molecule has 2 aromatic rings. The molecule has 4 rings (SSSR count). The summed E-state index contributed by atoms with van der Waals surface area (Å²) in [5.74, 6) is -0.820. The minimum Gasteiger partial charge on any atom is -0.460 e. The van der Waals surface area contributed by atoms with Crippen molar-refractivity contribution in [3.05, 3.63) is 59.2 Å². The molecule has 1 aromatic carbocycles. The van der Waals surface area contributed by atoms with Crippen LogP contribution < -0.4 is 5.32 Å². The van der Waals surface area contributed by atoms with E-state index in [4.69, 9.17) is 9.15 Å². The topological polar surface area (TPSA) is 68.5 Å². The van der Waals surface area contributed by atoms with Gasteiger partial charge in [0, 0.05) is 6.42 Å². The predicted molar refractivity (Wildman–Crippen MR) is 86.8 cm³/mol. The molecular weight excluding hydrogens is 325 g/mol. The van der Waals surface area contributed by atoms with Crippen molar-refractivity contribution in [2.24, 2.45) is 0 Å². The fraction of sp³-hybridized carbons (Fsp3) is 0.263. The van der Waals surface area contributed by atoms with Crippen LogP contribution in [0.5, 0.6) is 0 Å². The van der Waals surface area contributed by atoms with Crippen molar-refractivity contribution in [2.75, 3.05) is 0 Å². The van der Waals surface area contributed by atoms with Crippen LogP contribution in [-0.4, -0.2) is 17.5 Å². The van der Waals surface area contributed by atoms with Crippen LogP contribution >= 0.6 is 0 Å². The molecule has 5 nitrogen and oxygen atoms in total. The summed E-state index contributed by atoms with van der Waals surface area (Å²) in [6.45, 7) is 3.45. The monoisotopic (exact) mass is 341 g/mol. The first-order chi connectivity index (χ1) is 11.9. The van der Waals surface area contributed by atoms with E-state index in [1.165, 1.54) is 6.07 Å². The lowest BCUT2D eigenvalue weighted by molar-refractivity contribution is -0.144. The number of benzene rings is 1. The van der Waals surface area contributed by atoms with Gasteiger partial charge in [0.05, 0.1) is 22.8 Å². The first kappa shape index (κ1) is 15.6. The van der Waals surface area contributed by atoms with E-state index >= 15 is 0 Å². The van der Waals surface area contributed by atoms with Gasteiger partial charge >= 0.3 is 5.97 Å². The zero-order chi connectivity index (χ0) is 17.8. The largest absolute Gasteiger partial charge is 0.460 e. The second kappa shape index (κ2) is 5.31. The number of amides is 1. The second-order valence-corrected chi connectivity index (χ2v) is 6.68. The van der Waals surface area contributed by atoms with E-state index in [0.29, 0.717) is 28.4 Å². The Labute approximate surface area is 143 Å². The van der Waals surface area contributed by atoms with Crippen LogP contribution in [0.3, 0.4) is 0 Å². The third kappa shape index (κ3) is 2.45. The molecule has 0 unspecified atom stereocenters. The molecule has 0 spiro atoms. The van der Waals surface area contributed by atoms with E-state index in [1.54, 1.807) is 44.2 Å². The molecule has 128 valence electrons. The minimum absolute atomic E-state index is 0.0776. The number of cyclic esters (lactones) is 1. The van der Waals surface area contributed by atoms with Gasteiger partial charge in [0.2, 0.25) is 5.91 Å². The Morgan fingerprint density at radius 1 is 1.16 bits per heavy atom. The number of hydrogen-bond donors (Lipinski definition) is 1. The minimum atomic E-state index is -0.887. The van der Waals surface area contributed by atoms with Crippen molar-refractivity contribution in [3.8, 4) is 11.3 Å². The molecule has 0 saturated carbocycles. The molecular formula is C19H16FNO4. The number of carbonyl (C=O) groups excluding carboxylic acids is 2. The van der Waals surface area contributed by atoms with Crippen molar-refractivity contribution in [2.45, 2.75) is 31.8 Å². The van der Waals surface area contributed by atoms with Crippen LogP contribution in [0.4, 0.5) is 4.39 Å². The summed E-state index contributed by atoms with van der Waals surface area (Å²) < 4.78 is 25.1. The van der Waals surface area contributed by atoms with E-state index in [0.717, 1.165) is 0 Å². The van der Waals surface area contributed by atoms with Crippen molar-refractivity contribution in [1.82, 2.24) is 5.32 Å². The van der Waals surface area contributed by atoms with Gasteiger partial charge in [-0.05, 0) is 38.1 Å². The Hall–Kier alpha value is -2.89. The molecule has 2 aliphatic rings. The van der Waals surface area contributed by atoms with Gasteiger partial charge in [0.15, 0.2) is 0 Å². The molecule has 0 radical (unpaired) electrons. The summed E-state index contributed by atoms with van der Waals surface area (Å²) in [6, 6.07) is 9.60. The van der Waals surface area contributed by atoms with Gasteiger partial charge in [-0.15, -0.1) is 0 Å². The number of nitrogens with one attached hydrogen (secondary N) is 1. The summed E-state index contributed by atoms with van der Waals surface area (Å²) in [7, 11) is 0. The maximum absolute atomic E-state index is 14.0. The van der Waals surface area contributed by atoms with Crippen molar-refractivity contribution in [3.63, 3.8) is 0 Å². The number of esters is 1. The van der Waals surface area contributed by atoms with Gasteiger partial charge in [0.1, 0.15) is 22.9 Å². The molecule has 0 saturated heterocycles. The summed E-state index contributed by atoms with van der Waals surface area (Å²) >= 11 is 0. The smallest absolute Gasteiger partial charge is 0.337 e. The average Bonchev–Trinajstić information content (AvgIpc) is 3.11. The Morgan fingerprint density at radius 2 is 1.92 bits per heavy atom. The fourth-order valence-electron chi connectivity index (χ4n) is 3.37.